The van der Waals surface area contributed by atoms with Crippen LogP contribution in [0.5, 0.6) is 0 Å². The summed E-state index contributed by atoms with van der Waals surface area (Å²) in [6, 6.07) is 7.96. The van der Waals surface area contributed by atoms with Crippen molar-refractivity contribution >= 4 is 17.9 Å². The van der Waals surface area contributed by atoms with Gasteiger partial charge in [-0.3, -0.25) is 10.2 Å². The molecule has 0 saturated carbocycles. The van der Waals surface area contributed by atoms with E-state index in [9.17, 15) is 4.79 Å². The number of rotatable bonds is 12. The largest absolute Gasteiger partial charge is 0.396 e. The maximum Gasteiger partial charge on any atom is 0.220 e. The molecular formula is C27H41N7O. The molecular weight excluding hydrogens is 438 g/mol. The Labute approximate surface area is 209 Å². The van der Waals surface area contributed by atoms with Crippen LogP contribution < -0.4 is 22.6 Å². The number of unbranched alkanes of at least 4 members (excludes halogenated alkanes) is 1. The van der Waals surface area contributed by atoms with Gasteiger partial charge in [-0.2, -0.15) is 0 Å². The second-order valence-electron chi connectivity index (χ2n) is 8.59. The molecule has 0 fully saturated rings. The SMILES string of the molecule is C=CC(N)CCCCNC(=O)CCCN(N)/C1=C(N)/C(=C/C)C(=C\C)/N(C=N)Cc2ccccc21. The predicted molar refractivity (Wildman–Crippen MR) is 145 cm³/mol. The van der Waals surface area contributed by atoms with E-state index in [1.807, 2.05) is 55.2 Å². The molecule has 8 nitrogen and oxygen atoms in total. The molecule has 1 unspecified atom stereocenters. The first-order valence-electron chi connectivity index (χ1n) is 12.2. The van der Waals surface area contributed by atoms with Gasteiger partial charge in [0.2, 0.25) is 5.91 Å². The Morgan fingerprint density at radius 3 is 2.66 bits per heavy atom. The van der Waals surface area contributed by atoms with Crippen molar-refractivity contribution in [2.75, 3.05) is 13.1 Å². The van der Waals surface area contributed by atoms with Gasteiger partial charge < -0.3 is 26.7 Å². The Bertz CT molecular complexity index is 979. The lowest BCUT2D eigenvalue weighted by Gasteiger charge is -2.33. The lowest BCUT2D eigenvalue weighted by molar-refractivity contribution is -0.121. The first-order chi connectivity index (χ1) is 16.9. The van der Waals surface area contributed by atoms with Crippen molar-refractivity contribution in [3.8, 4) is 0 Å². The average Bonchev–Trinajstić information content (AvgIpc) is 2.85. The first-order valence-corrected chi connectivity index (χ1v) is 12.2. The zero-order valence-electron chi connectivity index (χ0n) is 21.1. The highest BCUT2D eigenvalue weighted by Gasteiger charge is 2.25. The molecule has 2 rings (SSSR count). The summed E-state index contributed by atoms with van der Waals surface area (Å²) in [5.74, 6) is 6.56. The number of nitrogens with one attached hydrogen (secondary N) is 2. The third-order valence-corrected chi connectivity index (χ3v) is 6.14. The number of hydrazine groups is 1. The average molecular weight is 480 g/mol. The van der Waals surface area contributed by atoms with Gasteiger partial charge in [0.05, 0.1) is 17.7 Å². The van der Waals surface area contributed by atoms with Gasteiger partial charge in [0.25, 0.3) is 0 Å². The topological polar surface area (TPSA) is 137 Å². The third-order valence-electron chi connectivity index (χ3n) is 6.14. The van der Waals surface area contributed by atoms with Gasteiger partial charge in [-0.25, -0.2) is 5.84 Å². The van der Waals surface area contributed by atoms with Crippen LogP contribution in [0.15, 0.2) is 66.0 Å². The van der Waals surface area contributed by atoms with E-state index < -0.39 is 0 Å². The minimum Gasteiger partial charge on any atom is -0.396 e. The molecule has 1 aliphatic rings. The zero-order valence-corrected chi connectivity index (χ0v) is 21.1. The first kappa shape index (κ1) is 27.9. The van der Waals surface area contributed by atoms with E-state index in [1.54, 1.807) is 11.1 Å². The molecule has 0 aliphatic carbocycles. The van der Waals surface area contributed by atoms with Crippen LogP contribution in [-0.2, 0) is 11.3 Å². The standard InChI is InChI=1S/C27H41N7O/c1-4-21(29)13-9-10-16-32-25(35)15-11-17-34(31)27-23-14-8-7-12-20(23)18-33(19-28)24(6-3)22(5-2)26(27)30/h4-8,12,14,19,21,28H,1,9-11,13,15-18,29-31H2,2-3H3,(H,32,35)/b22-5+,24-6+,27-26-,28-19?. The summed E-state index contributed by atoms with van der Waals surface area (Å²) in [6.07, 6.45) is 10.7. The van der Waals surface area contributed by atoms with E-state index >= 15 is 0 Å². The van der Waals surface area contributed by atoms with Crippen molar-refractivity contribution < 1.29 is 4.79 Å². The second kappa shape index (κ2) is 14.1. The number of nitrogens with two attached hydrogens (primary N) is 3. The molecule has 0 saturated heterocycles. The number of nitrogens with zero attached hydrogens (tertiary/aromatic N) is 2. The van der Waals surface area contributed by atoms with Gasteiger partial charge in [-0.05, 0) is 45.1 Å². The quantitative estimate of drug-likeness (QED) is 0.0778. The lowest BCUT2D eigenvalue weighted by atomic mass is 9.95. The van der Waals surface area contributed by atoms with Crippen molar-refractivity contribution in [3.63, 3.8) is 0 Å². The van der Waals surface area contributed by atoms with E-state index in [4.69, 9.17) is 22.7 Å². The normalized spacial score (nSPS) is 19.0. The number of amides is 1. The molecule has 1 aromatic carbocycles. The molecule has 0 radical (unpaired) electrons. The molecule has 35 heavy (non-hydrogen) atoms. The van der Waals surface area contributed by atoms with Crippen LogP contribution in [0.2, 0.25) is 0 Å². The molecule has 0 aromatic heterocycles. The fourth-order valence-corrected chi connectivity index (χ4v) is 4.23. The van der Waals surface area contributed by atoms with Crippen molar-refractivity contribution in [1.82, 2.24) is 15.2 Å². The van der Waals surface area contributed by atoms with Crippen LogP contribution >= 0.6 is 0 Å². The van der Waals surface area contributed by atoms with E-state index in [2.05, 4.69) is 11.9 Å². The summed E-state index contributed by atoms with van der Waals surface area (Å²) in [6.45, 7) is 9.19. The summed E-state index contributed by atoms with van der Waals surface area (Å²) in [5.41, 5.74) is 17.4. The van der Waals surface area contributed by atoms with Gasteiger partial charge in [-0.15, -0.1) is 6.58 Å². The molecule has 1 amide bonds. The summed E-state index contributed by atoms with van der Waals surface area (Å²) >= 11 is 0. The highest BCUT2D eigenvalue weighted by molar-refractivity contribution is 5.77. The minimum atomic E-state index is 0.0124. The van der Waals surface area contributed by atoms with E-state index in [0.717, 1.165) is 47.4 Å². The van der Waals surface area contributed by atoms with Crippen LogP contribution in [-0.4, -0.2) is 41.3 Å². The highest BCUT2D eigenvalue weighted by Crippen LogP contribution is 2.33. The third kappa shape index (κ3) is 7.56. The molecule has 0 bridgehead atoms. The van der Waals surface area contributed by atoms with Crippen molar-refractivity contribution in [1.29, 1.82) is 5.41 Å². The van der Waals surface area contributed by atoms with Gasteiger partial charge in [0.15, 0.2) is 0 Å². The summed E-state index contributed by atoms with van der Waals surface area (Å²) in [7, 11) is 0. The van der Waals surface area contributed by atoms with Gasteiger partial charge in [-0.1, -0.05) is 42.5 Å². The van der Waals surface area contributed by atoms with E-state index in [0.29, 0.717) is 38.2 Å². The number of allylic oxidation sites excluding steroid dienone is 2. The second-order valence-corrected chi connectivity index (χ2v) is 8.59. The van der Waals surface area contributed by atoms with Crippen molar-refractivity contribution in [3.05, 3.63) is 77.2 Å². The number of benzene rings is 1. The Balaban J connectivity index is 2.10. The van der Waals surface area contributed by atoms with Crippen LogP contribution in [0.3, 0.4) is 0 Å². The number of carbonyl (C=O) groups is 1. The Morgan fingerprint density at radius 2 is 2.00 bits per heavy atom. The molecule has 8 heteroatoms. The van der Waals surface area contributed by atoms with Gasteiger partial charge in [0, 0.05) is 48.9 Å². The van der Waals surface area contributed by atoms with Crippen LogP contribution in [0.1, 0.15) is 57.1 Å². The molecule has 1 aliphatic heterocycles. The van der Waals surface area contributed by atoms with Crippen molar-refractivity contribution in [2.45, 2.75) is 58.5 Å². The van der Waals surface area contributed by atoms with Gasteiger partial charge >= 0.3 is 0 Å². The maximum absolute atomic E-state index is 12.3. The van der Waals surface area contributed by atoms with Gasteiger partial charge in [0.1, 0.15) is 0 Å². The van der Waals surface area contributed by atoms with Crippen LogP contribution in [0.4, 0.5) is 0 Å². The maximum atomic E-state index is 12.3. The smallest absolute Gasteiger partial charge is 0.220 e. The number of hydrogen-bond acceptors (Lipinski definition) is 6. The molecule has 1 atom stereocenters. The Morgan fingerprint density at radius 1 is 1.26 bits per heavy atom. The molecule has 0 spiro atoms. The predicted octanol–water partition coefficient (Wildman–Crippen LogP) is 3.34. The van der Waals surface area contributed by atoms with Crippen molar-refractivity contribution in [2.24, 2.45) is 17.3 Å². The molecule has 1 aromatic rings. The molecule has 1 heterocycles. The van der Waals surface area contributed by atoms with Crippen LogP contribution in [0.25, 0.3) is 5.70 Å². The monoisotopic (exact) mass is 479 g/mol. The molecule has 8 N–H and O–H groups in total. The summed E-state index contributed by atoms with van der Waals surface area (Å²) in [4.78, 5) is 14.1. The molecule has 190 valence electrons. The van der Waals surface area contributed by atoms with E-state index in [1.165, 1.54) is 6.34 Å². The summed E-state index contributed by atoms with van der Waals surface area (Å²) in [5, 5.41) is 12.5. The Kier molecular flexibility index (Phi) is 11.3. The Hall–Kier alpha value is -3.36. The zero-order chi connectivity index (χ0) is 25.8. The number of carbonyl (C=O) groups excluding carboxylic acids is 1. The fourth-order valence-electron chi connectivity index (χ4n) is 4.23. The minimum absolute atomic E-state index is 0.0124. The highest BCUT2D eigenvalue weighted by atomic mass is 16.1. The van der Waals surface area contributed by atoms with E-state index in [-0.39, 0.29) is 11.9 Å². The number of hydrogen-bond donors (Lipinski definition) is 5. The fraction of sp³-hybridized carbons (Fsp3) is 0.407. The lowest BCUT2D eigenvalue weighted by Crippen LogP contribution is -2.36. The summed E-state index contributed by atoms with van der Waals surface area (Å²) < 4.78 is 0. The number of fused-ring (bicyclic) bond motifs is 1. The van der Waals surface area contributed by atoms with Crippen LogP contribution in [0, 0.1) is 5.41 Å².